The molecule has 1 rings (SSSR count). The second-order valence-electron chi connectivity index (χ2n) is 3.86. The third-order valence-electron chi connectivity index (χ3n) is 2.87. The number of ether oxygens (including phenoxy) is 1. The Labute approximate surface area is 85.6 Å². The summed E-state index contributed by atoms with van der Waals surface area (Å²) in [5.74, 6) is 1.92. The summed E-state index contributed by atoms with van der Waals surface area (Å²) in [7, 11) is 1.76. The normalized spacial score (nSPS) is 33.9. The average molecular weight is 203 g/mol. The monoisotopic (exact) mass is 203 g/mol. The molecule has 78 valence electrons. The second-order valence-corrected chi connectivity index (χ2v) is 5.20. The maximum absolute atomic E-state index is 5.96. The first-order valence-corrected chi connectivity index (χ1v) is 6.16. The van der Waals surface area contributed by atoms with Gasteiger partial charge in [0.15, 0.2) is 0 Å². The van der Waals surface area contributed by atoms with E-state index >= 15 is 0 Å². The maximum atomic E-state index is 5.96. The Hall–Kier alpha value is 0.270. The maximum Gasteiger partial charge on any atom is 0.0470 e. The van der Waals surface area contributed by atoms with Gasteiger partial charge in [-0.05, 0) is 30.9 Å². The molecule has 0 aliphatic heterocycles. The summed E-state index contributed by atoms with van der Waals surface area (Å²) in [6.07, 6.45) is 3.68. The smallest absolute Gasteiger partial charge is 0.0470 e. The fourth-order valence-corrected chi connectivity index (χ4v) is 3.23. The summed E-state index contributed by atoms with van der Waals surface area (Å²) in [5.41, 5.74) is 5.96. The van der Waals surface area contributed by atoms with Gasteiger partial charge in [-0.25, -0.2) is 0 Å². The van der Waals surface area contributed by atoms with Gasteiger partial charge in [0.05, 0.1) is 0 Å². The Balaban J connectivity index is 2.08. The van der Waals surface area contributed by atoms with E-state index in [1.807, 2.05) is 0 Å². The molecule has 0 bridgehead atoms. The van der Waals surface area contributed by atoms with Gasteiger partial charge in [0, 0.05) is 25.0 Å². The summed E-state index contributed by atoms with van der Waals surface area (Å²) >= 11 is 2.08. The van der Waals surface area contributed by atoms with Crippen molar-refractivity contribution in [1.29, 1.82) is 0 Å². The highest BCUT2D eigenvalue weighted by Gasteiger charge is 2.29. The van der Waals surface area contributed by atoms with Crippen molar-refractivity contribution in [2.24, 2.45) is 11.7 Å². The lowest BCUT2D eigenvalue weighted by molar-refractivity contribution is 0.200. The highest BCUT2D eigenvalue weighted by molar-refractivity contribution is 7.99. The Morgan fingerprint density at radius 1 is 1.46 bits per heavy atom. The van der Waals surface area contributed by atoms with Crippen molar-refractivity contribution in [3.63, 3.8) is 0 Å². The Kier molecular flexibility index (Phi) is 5.14. The third kappa shape index (κ3) is 3.49. The van der Waals surface area contributed by atoms with Crippen LogP contribution in [0.5, 0.6) is 0 Å². The van der Waals surface area contributed by atoms with Crippen molar-refractivity contribution in [3.05, 3.63) is 0 Å². The number of methoxy groups -OCH3 is 1. The van der Waals surface area contributed by atoms with E-state index in [0.717, 1.165) is 11.9 Å². The van der Waals surface area contributed by atoms with Crippen molar-refractivity contribution in [2.75, 3.05) is 19.5 Å². The standard InChI is InChI=1S/C10H21NOS/c1-8-9(11)4-5-10(8)13-7-3-6-12-2/h8-10H,3-7,11H2,1-2H3. The van der Waals surface area contributed by atoms with Gasteiger partial charge >= 0.3 is 0 Å². The van der Waals surface area contributed by atoms with Crippen molar-refractivity contribution in [3.8, 4) is 0 Å². The molecule has 0 spiro atoms. The molecule has 0 saturated heterocycles. The van der Waals surface area contributed by atoms with Gasteiger partial charge in [-0.3, -0.25) is 0 Å². The third-order valence-corrected chi connectivity index (χ3v) is 4.49. The molecule has 1 aliphatic carbocycles. The lowest BCUT2D eigenvalue weighted by atomic mass is 10.1. The van der Waals surface area contributed by atoms with Gasteiger partial charge in [-0.1, -0.05) is 6.92 Å². The van der Waals surface area contributed by atoms with Crippen LogP contribution in [0.25, 0.3) is 0 Å². The van der Waals surface area contributed by atoms with Crippen molar-refractivity contribution >= 4 is 11.8 Å². The summed E-state index contributed by atoms with van der Waals surface area (Å²) in [5, 5.41) is 0.798. The average Bonchev–Trinajstić information content (AvgIpc) is 2.43. The fourth-order valence-electron chi connectivity index (χ4n) is 1.83. The molecule has 1 fully saturated rings. The van der Waals surface area contributed by atoms with Gasteiger partial charge in [-0.15, -0.1) is 0 Å². The van der Waals surface area contributed by atoms with Crippen molar-refractivity contribution in [1.82, 2.24) is 0 Å². The van der Waals surface area contributed by atoms with E-state index in [2.05, 4.69) is 18.7 Å². The van der Waals surface area contributed by atoms with Crippen LogP contribution in [0.4, 0.5) is 0 Å². The van der Waals surface area contributed by atoms with E-state index in [9.17, 15) is 0 Å². The summed E-state index contributed by atoms with van der Waals surface area (Å²) in [6.45, 7) is 3.17. The first kappa shape index (κ1) is 11.3. The quantitative estimate of drug-likeness (QED) is 0.693. The molecule has 0 aromatic heterocycles. The number of nitrogens with two attached hydrogens (primary N) is 1. The molecule has 0 aromatic carbocycles. The minimum absolute atomic E-state index is 0.444. The van der Waals surface area contributed by atoms with Crippen LogP contribution in [0, 0.1) is 5.92 Å². The van der Waals surface area contributed by atoms with Gasteiger partial charge in [0.1, 0.15) is 0 Å². The van der Waals surface area contributed by atoms with E-state index < -0.39 is 0 Å². The molecule has 1 saturated carbocycles. The van der Waals surface area contributed by atoms with Crippen LogP contribution in [0.15, 0.2) is 0 Å². The van der Waals surface area contributed by atoms with Gasteiger partial charge in [0.2, 0.25) is 0 Å². The molecule has 0 heterocycles. The predicted molar refractivity (Wildman–Crippen MR) is 59.1 cm³/mol. The van der Waals surface area contributed by atoms with E-state index in [4.69, 9.17) is 10.5 Å². The van der Waals surface area contributed by atoms with Crippen molar-refractivity contribution in [2.45, 2.75) is 37.5 Å². The summed E-state index contributed by atoms with van der Waals surface area (Å²) in [4.78, 5) is 0. The predicted octanol–water partition coefficient (Wildman–Crippen LogP) is 1.88. The Bertz CT molecular complexity index is 143. The lowest BCUT2D eigenvalue weighted by Crippen LogP contribution is -2.26. The van der Waals surface area contributed by atoms with Crippen LogP contribution in [0.3, 0.4) is 0 Å². The lowest BCUT2D eigenvalue weighted by Gasteiger charge is -2.17. The minimum atomic E-state index is 0.444. The van der Waals surface area contributed by atoms with Crippen LogP contribution in [-0.2, 0) is 4.74 Å². The highest BCUT2D eigenvalue weighted by Crippen LogP contribution is 2.34. The van der Waals surface area contributed by atoms with Gasteiger partial charge in [-0.2, -0.15) is 11.8 Å². The Morgan fingerprint density at radius 2 is 2.23 bits per heavy atom. The zero-order chi connectivity index (χ0) is 9.68. The zero-order valence-corrected chi connectivity index (χ0v) is 9.48. The summed E-state index contributed by atoms with van der Waals surface area (Å²) < 4.78 is 5.02. The van der Waals surface area contributed by atoms with Crippen molar-refractivity contribution < 1.29 is 4.74 Å². The van der Waals surface area contributed by atoms with Gasteiger partial charge in [0.25, 0.3) is 0 Å². The highest BCUT2D eigenvalue weighted by atomic mass is 32.2. The van der Waals surface area contributed by atoms with Crippen LogP contribution >= 0.6 is 11.8 Å². The minimum Gasteiger partial charge on any atom is -0.385 e. The van der Waals surface area contributed by atoms with Crippen LogP contribution in [0.2, 0.25) is 0 Å². The van der Waals surface area contributed by atoms with E-state index in [-0.39, 0.29) is 0 Å². The van der Waals surface area contributed by atoms with Crippen LogP contribution < -0.4 is 5.73 Å². The van der Waals surface area contributed by atoms with E-state index in [0.29, 0.717) is 12.0 Å². The summed E-state index contributed by atoms with van der Waals surface area (Å²) in [6, 6.07) is 0.444. The molecule has 0 radical (unpaired) electrons. The first-order valence-electron chi connectivity index (χ1n) is 5.12. The van der Waals surface area contributed by atoms with Gasteiger partial charge < -0.3 is 10.5 Å². The first-order chi connectivity index (χ1) is 6.25. The molecule has 1 aliphatic rings. The number of rotatable bonds is 5. The van der Waals surface area contributed by atoms with E-state index in [1.54, 1.807) is 7.11 Å². The second kappa shape index (κ2) is 5.89. The molecule has 0 amide bonds. The number of hydrogen-bond donors (Lipinski definition) is 1. The molecular formula is C10H21NOS. The largest absolute Gasteiger partial charge is 0.385 e. The molecule has 3 atom stereocenters. The molecule has 3 heteroatoms. The van der Waals surface area contributed by atoms with Crippen LogP contribution in [0.1, 0.15) is 26.2 Å². The molecule has 3 unspecified atom stereocenters. The SMILES string of the molecule is COCCCSC1CCC(N)C1C. The molecule has 2 N–H and O–H groups in total. The van der Waals surface area contributed by atoms with Crippen LogP contribution in [-0.4, -0.2) is 30.8 Å². The zero-order valence-electron chi connectivity index (χ0n) is 8.66. The molecule has 0 aromatic rings. The topological polar surface area (TPSA) is 35.2 Å². The fraction of sp³-hybridized carbons (Fsp3) is 1.00. The molecular weight excluding hydrogens is 182 g/mol. The molecule has 13 heavy (non-hydrogen) atoms. The van der Waals surface area contributed by atoms with E-state index in [1.165, 1.54) is 25.0 Å². The number of thioether (sulfide) groups is 1. The Morgan fingerprint density at radius 3 is 2.77 bits per heavy atom. The molecule has 2 nitrogen and oxygen atoms in total. The number of hydrogen-bond acceptors (Lipinski definition) is 3.